The van der Waals surface area contributed by atoms with E-state index in [4.69, 9.17) is 19.2 Å². The molecule has 2 aromatic rings. The Morgan fingerprint density at radius 1 is 1.03 bits per heavy atom. The number of morpholine rings is 1. The van der Waals surface area contributed by atoms with Crippen molar-refractivity contribution in [3.8, 4) is 11.5 Å². The molecule has 1 aromatic carbocycles. The number of nitrogens with zero attached hydrogens (tertiary/aromatic N) is 5. The van der Waals surface area contributed by atoms with Crippen LogP contribution in [-0.4, -0.2) is 80.6 Å². The van der Waals surface area contributed by atoms with Crippen molar-refractivity contribution in [1.82, 2.24) is 14.9 Å². The molecule has 1 unspecified atom stereocenters. The summed E-state index contributed by atoms with van der Waals surface area (Å²) in [6, 6.07) is 8.76. The topological polar surface area (TPSA) is 63.2 Å². The second kappa shape index (κ2) is 9.28. The van der Waals surface area contributed by atoms with Crippen molar-refractivity contribution < 1.29 is 14.2 Å². The summed E-state index contributed by atoms with van der Waals surface area (Å²) < 4.78 is 16.9. The van der Waals surface area contributed by atoms with Crippen LogP contribution in [0.5, 0.6) is 11.5 Å². The number of fused-ring (bicyclic) bond motifs is 1. The normalized spacial score (nSPS) is 21.7. The third-order valence-corrected chi connectivity index (χ3v) is 6.32. The van der Waals surface area contributed by atoms with E-state index < -0.39 is 0 Å². The molecule has 31 heavy (non-hydrogen) atoms. The number of piperidine rings is 1. The Hall–Kier alpha value is -2.58. The molecule has 0 aliphatic carbocycles. The van der Waals surface area contributed by atoms with Crippen molar-refractivity contribution in [3.63, 3.8) is 0 Å². The van der Waals surface area contributed by atoms with Gasteiger partial charge in [-0.3, -0.25) is 4.90 Å². The Morgan fingerprint density at radius 2 is 1.87 bits per heavy atom. The van der Waals surface area contributed by atoms with Gasteiger partial charge in [-0.2, -0.15) is 4.98 Å². The zero-order chi connectivity index (χ0) is 21.0. The first kappa shape index (κ1) is 20.3. The van der Waals surface area contributed by atoms with Crippen molar-refractivity contribution in [3.05, 3.63) is 36.0 Å². The maximum atomic E-state index is 5.75. The van der Waals surface area contributed by atoms with Crippen LogP contribution in [0.15, 0.2) is 30.5 Å². The van der Waals surface area contributed by atoms with Crippen LogP contribution in [0, 0.1) is 0 Å². The second-order valence-corrected chi connectivity index (χ2v) is 8.43. The third kappa shape index (κ3) is 4.70. The maximum absolute atomic E-state index is 5.75. The SMILES string of the molecule is CN(c1ccnc(N2CCOCC2)n1)C1CCCN(Cc2ccc3c(c2)OCCO3)C1. The highest BCUT2D eigenvalue weighted by molar-refractivity contribution is 5.45. The van der Waals surface area contributed by atoms with Crippen molar-refractivity contribution in [2.75, 3.05) is 69.5 Å². The van der Waals surface area contributed by atoms with Gasteiger partial charge < -0.3 is 24.0 Å². The molecule has 2 fully saturated rings. The molecule has 0 N–H and O–H groups in total. The van der Waals surface area contributed by atoms with Crippen molar-refractivity contribution in [2.24, 2.45) is 0 Å². The molecule has 8 nitrogen and oxygen atoms in total. The highest BCUT2D eigenvalue weighted by atomic mass is 16.6. The number of anilines is 2. The van der Waals surface area contributed by atoms with Crippen molar-refractivity contribution in [1.29, 1.82) is 0 Å². The Balaban J connectivity index is 1.24. The number of hydrogen-bond donors (Lipinski definition) is 0. The molecular formula is C23H31N5O3. The summed E-state index contributed by atoms with van der Waals surface area (Å²) in [6.07, 6.45) is 4.23. The number of ether oxygens (including phenoxy) is 3. The van der Waals surface area contributed by atoms with Gasteiger partial charge in [-0.15, -0.1) is 0 Å². The van der Waals surface area contributed by atoms with Gasteiger partial charge in [0.1, 0.15) is 19.0 Å². The third-order valence-electron chi connectivity index (χ3n) is 6.32. The quantitative estimate of drug-likeness (QED) is 0.723. The predicted octanol–water partition coefficient (Wildman–Crippen LogP) is 2.19. The minimum Gasteiger partial charge on any atom is -0.486 e. The van der Waals surface area contributed by atoms with Crippen molar-refractivity contribution in [2.45, 2.75) is 25.4 Å². The van der Waals surface area contributed by atoms with Crippen LogP contribution in [-0.2, 0) is 11.3 Å². The molecule has 0 radical (unpaired) electrons. The number of likely N-dealkylation sites (tertiary alicyclic amines) is 1. The summed E-state index contributed by atoms with van der Waals surface area (Å²) in [6.45, 7) is 7.47. The molecule has 3 aliphatic heterocycles. The van der Waals surface area contributed by atoms with Gasteiger partial charge in [0.05, 0.1) is 13.2 Å². The van der Waals surface area contributed by atoms with E-state index in [0.29, 0.717) is 19.3 Å². The van der Waals surface area contributed by atoms with Gasteiger partial charge in [-0.25, -0.2) is 4.98 Å². The van der Waals surface area contributed by atoms with E-state index in [0.717, 1.165) is 69.2 Å². The van der Waals surface area contributed by atoms with Gasteiger partial charge in [-0.05, 0) is 43.1 Å². The summed E-state index contributed by atoms with van der Waals surface area (Å²) in [5.74, 6) is 3.51. The molecule has 166 valence electrons. The summed E-state index contributed by atoms with van der Waals surface area (Å²) in [5, 5.41) is 0. The lowest BCUT2D eigenvalue weighted by atomic mass is 10.0. The first-order chi connectivity index (χ1) is 15.3. The molecule has 4 heterocycles. The van der Waals surface area contributed by atoms with Crippen LogP contribution in [0.2, 0.25) is 0 Å². The summed E-state index contributed by atoms with van der Waals surface area (Å²) in [7, 11) is 2.16. The zero-order valence-corrected chi connectivity index (χ0v) is 18.2. The first-order valence-corrected chi connectivity index (χ1v) is 11.3. The van der Waals surface area contributed by atoms with Crippen molar-refractivity contribution >= 4 is 11.8 Å². The molecule has 0 amide bonds. The standard InChI is InChI=1S/C23H31N5O3/c1-26(22-6-7-24-23(25-22)28-9-11-29-12-10-28)19-3-2-8-27(17-19)16-18-4-5-20-21(15-18)31-14-13-30-20/h4-7,15,19H,2-3,8-14,16-17H2,1H3. The van der Waals surface area contributed by atoms with E-state index in [2.05, 4.69) is 38.9 Å². The molecule has 0 saturated carbocycles. The van der Waals surface area contributed by atoms with Crippen LogP contribution in [0.3, 0.4) is 0 Å². The lowest BCUT2D eigenvalue weighted by Gasteiger charge is -2.38. The van der Waals surface area contributed by atoms with E-state index >= 15 is 0 Å². The highest BCUT2D eigenvalue weighted by Gasteiger charge is 2.25. The monoisotopic (exact) mass is 425 g/mol. The molecule has 0 spiro atoms. The average molecular weight is 426 g/mol. The lowest BCUT2D eigenvalue weighted by molar-refractivity contribution is 0.122. The van der Waals surface area contributed by atoms with Gasteiger partial charge in [0, 0.05) is 45.5 Å². The first-order valence-electron chi connectivity index (χ1n) is 11.3. The number of hydrogen-bond acceptors (Lipinski definition) is 8. The maximum Gasteiger partial charge on any atom is 0.227 e. The van der Waals surface area contributed by atoms with Gasteiger partial charge >= 0.3 is 0 Å². The van der Waals surface area contributed by atoms with Crippen LogP contribution >= 0.6 is 0 Å². The highest BCUT2D eigenvalue weighted by Crippen LogP contribution is 2.31. The number of benzene rings is 1. The number of rotatable bonds is 5. The van der Waals surface area contributed by atoms with E-state index in [1.807, 2.05) is 18.3 Å². The molecule has 3 aliphatic rings. The fourth-order valence-electron chi connectivity index (χ4n) is 4.57. The molecule has 1 atom stereocenters. The van der Waals surface area contributed by atoms with Crippen LogP contribution < -0.4 is 19.3 Å². The van der Waals surface area contributed by atoms with E-state index in [-0.39, 0.29) is 0 Å². The molecule has 0 bridgehead atoms. The van der Waals surface area contributed by atoms with Gasteiger partial charge in [0.15, 0.2) is 11.5 Å². The van der Waals surface area contributed by atoms with Gasteiger partial charge in [0.2, 0.25) is 5.95 Å². The molecule has 8 heteroatoms. The van der Waals surface area contributed by atoms with Crippen LogP contribution in [0.4, 0.5) is 11.8 Å². The number of likely N-dealkylation sites (N-methyl/N-ethyl adjacent to an activating group) is 1. The van der Waals surface area contributed by atoms with Gasteiger partial charge in [-0.1, -0.05) is 6.07 Å². The number of aromatic nitrogens is 2. The molecule has 1 aromatic heterocycles. The van der Waals surface area contributed by atoms with E-state index in [1.165, 1.54) is 18.4 Å². The van der Waals surface area contributed by atoms with E-state index in [9.17, 15) is 0 Å². The Labute approximate surface area is 183 Å². The van der Waals surface area contributed by atoms with E-state index in [1.54, 1.807) is 0 Å². The minimum absolute atomic E-state index is 0.429. The molecule has 2 saturated heterocycles. The Kier molecular flexibility index (Phi) is 6.08. The Morgan fingerprint density at radius 3 is 2.74 bits per heavy atom. The molecular weight excluding hydrogens is 394 g/mol. The van der Waals surface area contributed by atoms with Gasteiger partial charge in [0.25, 0.3) is 0 Å². The minimum atomic E-state index is 0.429. The zero-order valence-electron chi connectivity index (χ0n) is 18.2. The van der Waals surface area contributed by atoms with Crippen LogP contribution in [0.25, 0.3) is 0 Å². The fraction of sp³-hybridized carbons (Fsp3) is 0.565. The Bertz CT molecular complexity index is 889. The fourth-order valence-corrected chi connectivity index (χ4v) is 4.57. The van der Waals surface area contributed by atoms with Crippen LogP contribution in [0.1, 0.15) is 18.4 Å². The summed E-state index contributed by atoms with van der Waals surface area (Å²) >= 11 is 0. The lowest BCUT2D eigenvalue weighted by Crippen LogP contribution is -2.46. The largest absolute Gasteiger partial charge is 0.486 e. The summed E-state index contributed by atoms with van der Waals surface area (Å²) in [4.78, 5) is 16.4. The average Bonchev–Trinajstić information content (AvgIpc) is 2.84. The molecule has 5 rings (SSSR count). The second-order valence-electron chi connectivity index (χ2n) is 8.43. The smallest absolute Gasteiger partial charge is 0.227 e. The predicted molar refractivity (Wildman–Crippen MR) is 119 cm³/mol. The summed E-state index contributed by atoms with van der Waals surface area (Å²) in [5.41, 5.74) is 1.27.